The Balaban J connectivity index is 1.36. The molecule has 0 bridgehead atoms. The zero-order valence-corrected chi connectivity index (χ0v) is 28.3. The van der Waals surface area contributed by atoms with Crippen LogP contribution >= 0.6 is 0 Å². The van der Waals surface area contributed by atoms with Gasteiger partial charge in [0.15, 0.2) is 0 Å². The molecule has 3 aliphatic rings. The summed E-state index contributed by atoms with van der Waals surface area (Å²) in [5.74, 6) is -3.88. The summed E-state index contributed by atoms with van der Waals surface area (Å²) in [5.41, 5.74) is 3.79. The number of hydrogen-bond donors (Lipinski definition) is 4. The van der Waals surface area contributed by atoms with Gasteiger partial charge in [-0.25, -0.2) is 9.67 Å². The molecule has 2 saturated heterocycles. The number of nitrogens with one attached hydrogen (secondary N) is 2. The summed E-state index contributed by atoms with van der Waals surface area (Å²) in [6.45, 7) is 3.37. The van der Waals surface area contributed by atoms with Crippen molar-refractivity contribution in [3.8, 4) is 0 Å². The number of benzene rings is 1. The van der Waals surface area contributed by atoms with Crippen LogP contribution in [0.25, 0.3) is 10.9 Å². The highest BCUT2D eigenvalue weighted by Gasteiger charge is 2.49. The second-order valence-electron chi connectivity index (χ2n) is 14.1. The molecular formula is C34H43N9O7. The number of carbonyl (C=O) groups is 5. The Morgan fingerprint density at radius 3 is 2.56 bits per heavy atom. The first-order valence-electron chi connectivity index (χ1n) is 17.1. The molecule has 6 rings (SSSR count). The number of aromatic amines is 1. The summed E-state index contributed by atoms with van der Waals surface area (Å²) >= 11 is 0. The fourth-order valence-corrected chi connectivity index (χ4v) is 7.37. The predicted octanol–water partition coefficient (Wildman–Crippen LogP) is 1.50. The molecule has 0 radical (unpaired) electrons. The molecule has 50 heavy (non-hydrogen) atoms. The topological polar surface area (TPSA) is 228 Å². The number of ether oxygens (including phenoxy) is 1. The first-order valence-corrected chi connectivity index (χ1v) is 17.1. The van der Waals surface area contributed by atoms with E-state index in [1.54, 1.807) is 38.2 Å². The molecule has 2 atom stereocenters. The van der Waals surface area contributed by atoms with Crippen molar-refractivity contribution in [3.63, 3.8) is 0 Å². The standard InChI is InChI=1S/C34H43N9O7/c1-33(2,49)27-18-37-41-43(27)23-16-26(31(47)39-34(28(44)29(35)45)10-12-50-13-11-34)42(19-23)32(48)25(14-20-6-4-3-5-7-20)38-30(46)21-8-9-22-17-36-40-24(22)15-21/h8-9,15,17-18,20,23,26,49H,3-7,10-14,16,19H2,1-2H3,(H2,35,45)(H,36,40)(H,39,47)/b38-25+/t23-,26-/m0/s1. The van der Waals surface area contributed by atoms with Gasteiger partial charge in [0.25, 0.3) is 17.7 Å². The number of primary amides is 1. The number of hydrogen-bond acceptors (Lipinski definition) is 10. The van der Waals surface area contributed by atoms with Crippen LogP contribution in [0.4, 0.5) is 0 Å². The molecule has 16 heteroatoms. The van der Waals surface area contributed by atoms with Crippen LogP contribution in [-0.4, -0.2) is 102 Å². The van der Waals surface area contributed by atoms with Crippen molar-refractivity contribution in [1.82, 2.24) is 35.4 Å². The van der Waals surface area contributed by atoms with Crippen molar-refractivity contribution < 1.29 is 33.8 Å². The van der Waals surface area contributed by atoms with Crippen LogP contribution in [0.2, 0.25) is 0 Å². The Morgan fingerprint density at radius 2 is 1.86 bits per heavy atom. The number of Topliss-reactive ketones (excluding diaryl/α,β-unsaturated/α-hetero) is 1. The molecular weight excluding hydrogens is 646 g/mol. The monoisotopic (exact) mass is 689 g/mol. The number of amides is 4. The zero-order chi connectivity index (χ0) is 35.6. The molecule has 16 nitrogen and oxygen atoms in total. The first-order chi connectivity index (χ1) is 23.9. The smallest absolute Gasteiger partial charge is 0.287 e. The molecule has 2 aromatic heterocycles. The van der Waals surface area contributed by atoms with E-state index in [1.807, 2.05) is 0 Å². The van der Waals surface area contributed by atoms with Gasteiger partial charge < -0.3 is 25.8 Å². The maximum absolute atomic E-state index is 14.7. The molecule has 1 aromatic carbocycles. The summed E-state index contributed by atoms with van der Waals surface area (Å²) in [5, 5.41) is 29.5. The van der Waals surface area contributed by atoms with Crippen molar-refractivity contribution in [2.24, 2.45) is 16.6 Å². The number of aromatic nitrogens is 5. The van der Waals surface area contributed by atoms with E-state index in [1.165, 1.54) is 15.8 Å². The van der Waals surface area contributed by atoms with Gasteiger partial charge in [-0.3, -0.25) is 29.1 Å². The number of rotatable bonds is 10. The number of nitrogens with zero attached hydrogens (tertiary/aromatic N) is 6. The summed E-state index contributed by atoms with van der Waals surface area (Å²) in [6.07, 6.45) is 8.25. The van der Waals surface area contributed by atoms with E-state index < -0.39 is 52.6 Å². The van der Waals surface area contributed by atoms with Crippen molar-refractivity contribution in [2.45, 2.75) is 94.9 Å². The van der Waals surface area contributed by atoms with Gasteiger partial charge in [0.2, 0.25) is 11.7 Å². The lowest BCUT2D eigenvalue weighted by atomic mass is 9.84. The van der Waals surface area contributed by atoms with Gasteiger partial charge in [-0.15, -0.1) is 5.10 Å². The molecule has 1 saturated carbocycles. The van der Waals surface area contributed by atoms with Gasteiger partial charge in [0.05, 0.1) is 29.6 Å². The average Bonchev–Trinajstić information content (AvgIpc) is 3.87. The van der Waals surface area contributed by atoms with Crippen LogP contribution in [0, 0.1) is 5.92 Å². The Labute approximate surface area is 288 Å². The summed E-state index contributed by atoms with van der Waals surface area (Å²) in [7, 11) is 0. The number of aliphatic imine (C=N–C) groups is 1. The zero-order valence-electron chi connectivity index (χ0n) is 28.3. The van der Waals surface area contributed by atoms with Crippen molar-refractivity contribution in [1.29, 1.82) is 0 Å². The van der Waals surface area contributed by atoms with E-state index in [2.05, 4.69) is 30.8 Å². The fourth-order valence-electron chi connectivity index (χ4n) is 7.37. The first kappa shape index (κ1) is 35.0. The van der Waals surface area contributed by atoms with E-state index in [-0.39, 0.29) is 62.6 Å². The Morgan fingerprint density at radius 1 is 1.12 bits per heavy atom. The average molecular weight is 690 g/mol. The molecule has 0 spiro atoms. The minimum atomic E-state index is -1.60. The lowest BCUT2D eigenvalue weighted by molar-refractivity contribution is -0.146. The number of nitrogens with two attached hydrogens (primary N) is 1. The third kappa shape index (κ3) is 7.21. The Hall–Kier alpha value is -4.83. The van der Waals surface area contributed by atoms with Crippen LogP contribution < -0.4 is 11.1 Å². The third-order valence-corrected chi connectivity index (χ3v) is 10.1. The van der Waals surface area contributed by atoms with E-state index in [0.29, 0.717) is 11.2 Å². The molecule has 4 heterocycles. The van der Waals surface area contributed by atoms with E-state index in [0.717, 1.165) is 37.5 Å². The van der Waals surface area contributed by atoms with Crippen molar-refractivity contribution in [3.05, 3.63) is 41.9 Å². The highest BCUT2D eigenvalue weighted by molar-refractivity contribution is 6.41. The van der Waals surface area contributed by atoms with Crippen LogP contribution in [0.1, 0.15) is 93.7 Å². The number of likely N-dealkylation sites (tertiary alicyclic amines) is 1. The maximum Gasteiger partial charge on any atom is 0.287 e. The predicted molar refractivity (Wildman–Crippen MR) is 179 cm³/mol. The highest BCUT2D eigenvalue weighted by Crippen LogP contribution is 2.34. The Bertz CT molecular complexity index is 1810. The SMILES string of the molecule is CC(C)(O)c1cnnn1[C@H]1C[C@@H](C(=O)NC2(C(=O)C(N)=O)CCOCC2)N(C(=O)/C(CC2CCCCC2)=N/C(=O)c2ccc3cn[nH]c3c2)C1. The molecule has 1 aliphatic carbocycles. The number of ketones is 1. The number of H-pyrrole nitrogens is 1. The van der Waals surface area contributed by atoms with Crippen LogP contribution in [0.3, 0.4) is 0 Å². The second kappa shape index (κ2) is 14.2. The molecule has 0 unspecified atom stereocenters. The van der Waals surface area contributed by atoms with E-state index in [9.17, 15) is 29.1 Å². The summed E-state index contributed by atoms with van der Waals surface area (Å²) < 4.78 is 6.91. The van der Waals surface area contributed by atoms with Gasteiger partial charge in [-0.2, -0.15) is 5.10 Å². The van der Waals surface area contributed by atoms with E-state index >= 15 is 0 Å². The quantitative estimate of drug-likeness (QED) is 0.177. The van der Waals surface area contributed by atoms with Gasteiger partial charge in [-0.1, -0.05) is 43.4 Å². The maximum atomic E-state index is 14.7. The minimum absolute atomic E-state index is 0.0266. The summed E-state index contributed by atoms with van der Waals surface area (Å²) in [4.78, 5) is 73.5. The van der Waals surface area contributed by atoms with Crippen LogP contribution in [0.15, 0.2) is 35.6 Å². The molecule has 5 N–H and O–H groups in total. The van der Waals surface area contributed by atoms with Crippen molar-refractivity contribution in [2.75, 3.05) is 19.8 Å². The third-order valence-electron chi connectivity index (χ3n) is 10.1. The minimum Gasteiger partial charge on any atom is -0.384 e. The largest absolute Gasteiger partial charge is 0.384 e. The number of carbonyl (C=O) groups excluding carboxylic acids is 5. The summed E-state index contributed by atoms with van der Waals surface area (Å²) in [6, 6.07) is 3.24. The molecule has 4 amide bonds. The van der Waals surface area contributed by atoms with Gasteiger partial charge in [0.1, 0.15) is 22.9 Å². The van der Waals surface area contributed by atoms with E-state index in [4.69, 9.17) is 10.5 Å². The Kier molecular flexibility index (Phi) is 9.94. The normalized spacial score (nSPS) is 21.7. The number of fused-ring (bicyclic) bond motifs is 1. The van der Waals surface area contributed by atoms with Gasteiger partial charge in [0, 0.05) is 50.0 Å². The number of aliphatic hydroxyl groups is 1. The molecule has 266 valence electrons. The van der Waals surface area contributed by atoms with Crippen LogP contribution in [0.5, 0.6) is 0 Å². The second-order valence-corrected chi connectivity index (χ2v) is 14.1. The van der Waals surface area contributed by atoms with Crippen molar-refractivity contribution >= 4 is 46.0 Å². The molecule has 3 fully saturated rings. The lowest BCUT2D eigenvalue weighted by Crippen LogP contribution is -2.63. The van der Waals surface area contributed by atoms with Gasteiger partial charge >= 0.3 is 0 Å². The highest BCUT2D eigenvalue weighted by atomic mass is 16.5. The lowest BCUT2D eigenvalue weighted by Gasteiger charge is -2.37. The van der Waals surface area contributed by atoms with Crippen LogP contribution in [-0.2, 0) is 29.5 Å². The molecule has 3 aromatic rings. The molecule has 2 aliphatic heterocycles. The fraction of sp³-hybridized carbons (Fsp3) is 0.559. The van der Waals surface area contributed by atoms with Gasteiger partial charge in [-0.05, 0) is 38.3 Å².